The Balaban J connectivity index is 1.89. The zero-order chi connectivity index (χ0) is 21.8. The maximum Gasteiger partial charge on any atom is 0.251 e. The number of morpholine rings is 1. The lowest BCUT2D eigenvalue weighted by atomic mass is 9.92. The number of carbonyl (C=O) groups is 1. The van der Waals surface area contributed by atoms with Crippen LogP contribution < -0.4 is 16.0 Å². The fourth-order valence-electron chi connectivity index (χ4n) is 3.98. The summed E-state index contributed by atoms with van der Waals surface area (Å²) in [6.07, 6.45) is 2.34. The molecule has 0 spiro atoms. The van der Waals surface area contributed by atoms with Gasteiger partial charge in [-0.1, -0.05) is 38.8 Å². The molecule has 30 heavy (non-hydrogen) atoms. The molecule has 168 valence electrons. The van der Waals surface area contributed by atoms with E-state index in [2.05, 4.69) is 39.7 Å². The highest BCUT2D eigenvalue weighted by Gasteiger charge is 2.27. The van der Waals surface area contributed by atoms with E-state index in [1.165, 1.54) is 12.8 Å². The van der Waals surface area contributed by atoms with Crippen molar-refractivity contribution in [2.45, 2.75) is 46.2 Å². The van der Waals surface area contributed by atoms with Crippen molar-refractivity contribution in [3.05, 3.63) is 35.4 Å². The monoisotopic (exact) mass is 417 g/mol. The van der Waals surface area contributed by atoms with Crippen LogP contribution in [0.2, 0.25) is 0 Å². The molecule has 7 nitrogen and oxygen atoms in total. The van der Waals surface area contributed by atoms with Crippen molar-refractivity contribution in [2.24, 2.45) is 10.9 Å². The number of aliphatic imine (C=N–C) groups is 1. The quantitative estimate of drug-likeness (QED) is 0.402. The number of hydrogen-bond donors (Lipinski definition) is 3. The highest BCUT2D eigenvalue weighted by Crippen LogP contribution is 2.19. The average molecular weight is 418 g/mol. The minimum atomic E-state index is -0.0370. The molecule has 1 heterocycles. The maximum atomic E-state index is 11.9. The third-order valence-corrected chi connectivity index (χ3v) is 5.82. The van der Waals surface area contributed by atoms with Gasteiger partial charge in [-0.15, -0.1) is 0 Å². The number of amides is 1. The Morgan fingerprint density at radius 2 is 1.73 bits per heavy atom. The van der Waals surface area contributed by atoms with Crippen molar-refractivity contribution < 1.29 is 9.53 Å². The Bertz CT molecular complexity index is 652. The van der Waals surface area contributed by atoms with E-state index in [4.69, 9.17) is 4.74 Å². The molecule has 3 N–H and O–H groups in total. The molecule has 2 rings (SSSR count). The molecular weight excluding hydrogens is 378 g/mol. The van der Waals surface area contributed by atoms with Gasteiger partial charge in [-0.2, -0.15) is 0 Å². The SMILES string of the molecule is CCNC(=O)c1ccc(CNC(=NC)NCC(C(CC)CC)N2CCOCC2)cc1. The molecule has 0 radical (unpaired) electrons. The molecule has 0 aromatic heterocycles. The summed E-state index contributed by atoms with van der Waals surface area (Å²) in [6, 6.07) is 8.15. The summed E-state index contributed by atoms with van der Waals surface area (Å²) in [5, 5.41) is 9.73. The van der Waals surface area contributed by atoms with Gasteiger partial charge in [-0.3, -0.25) is 14.7 Å². The van der Waals surface area contributed by atoms with E-state index in [1.54, 1.807) is 7.05 Å². The van der Waals surface area contributed by atoms with Crippen molar-refractivity contribution >= 4 is 11.9 Å². The predicted octanol–water partition coefficient (Wildman–Crippen LogP) is 2.24. The number of hydrogen-bond acceptors (Lipinski definition) is 4. The molecule has 1 amide bonds. The third kappa shape index (κ3) is 7.29. The minimum absolute atomic E-state index is 0.0370. The van der Waals surface area contributed by atoms with Gasteiger partial charge in [0.15, 0.2) is 5.96 Å². The number of nitrogens with zero attached hydrogens (tertiary/aromatic N) is 2. The topological polar surface area (TPSA) is 78.0 Å². The van der Waals surface area contributed by atoms with E-state index in [0.29, 0.717) is 30.6 Å². The highest BCUT2D eigenvalue weighted by molar-refractivity contribution is 5.94. The first-order valence-corrected chi connectivity index (χ1v) is 11.3. The number of carbonyl (C=O) groups excluding carboxylic acids is 1. The van der Waals surface area contributed by atoms with Gasteiger partial charge in [0, 0.05) is 51.4 Å². The molecule has 1 saturated heterocycles. The van der Waals surface area contributed by atoms with E-state index in [9.17, 15) is 4.79 Å². The van der Waals surface area contributed by atoms with Gasteiger partial charge < -0.3 is 20.7 Å². The zero-order valence-corrected chi connectivity index (χ0v) is 19.0. The largest absolute Gasteiger partial charge is 0.379 e. The van der Waals surface area contributed by atoms with E-state index >= 15 is 0 Å². The molecule has 1 aromatic rings. The molecule has 0 saturated carbocycles. The summed E-state index contributed by atoms with van der Waals surface area (Å²) in [5.41, 5.74) is 1.79. The summed E-state index contributed by atoms with van der Waals surface area (Å²) >= 11 is 0. The maximum absolute atomic E-state index is 11.9. The van der Waals surface area contributed by atoms with Crippen LogP contribution in [0.3, 0.4) is 0 Å². The second-order valence-electron chi connectivity index (χ2n) is 7.66. The average Bonchev–Trinajstić information content (AvgIpc) is 2.79. The molecule has 1 unspecified atom stereocenters. The van der Waals surface area contributed by atoms with Gasteiger partial charge in [0.1, 0.15) is 0 Å². The Morgan fingerprint density at radius 1 is 1.07 bits per heavy atom. The van der Waals surface area contributed by atoms with Gasteiger partial charge in [-0.05, 0) is 30.5 Å². The fourth-order valence-corrected chi connectivity index (χ4v) is 3.98. The molecule has 1 aliphatic heterocycles. The Hall–Kier alpha value is -2.12. The standard InChI is InChI=1S/C23H39N5O2/c1-5-19(6-2)21(28-12-14-30-15-13-28)17-27-23(24-4)26-16-18-8-10-20(11-9-18)22(29)25-7-3/h8-11,19,21H,5-7,12-17H2,1-4H3,(H,25,29)(H2,24,26,27). The summed E-state index contributed by atoms with van der Waals surface area (Å²) in [6.45, 7) is 12.2. The molecule has 0 bridgehead atoms. The molecule has 0 aliphatic carbocycles. The first-order valence-electron chi connectivity index (χ1n) is 11.3. The molecule has 1 atom stereocenters. The van der Waals surface area contributed by atoms with Gasteiger partial charge in [0.05, 0.1) is 13.2 Å². The van der Waals surface area contributed by atoms with Gasteiger partial charge in [0.2, 0.25) is 0 Å². The first-order chi connectivity index (χ1) is 14.6. The van der Waals surface area contributed by atoms with Crippen LogP contribution in [0.25, 0.3) is 0 Å². The fraction of sp³-hybridized carbons (Fsp3) is 0.652. The van der Waals surface area contributed by atoms with Crippen molar-refractivity contribution in [3.63, 3.8) is 0 Å². The van der Waals surface area contributed by atoms with Crippen LogP contribution in [-0.4, -0.2) is 69.2 Å². The lowest BCUT2D eigenvalue weighted by Crippen LogP contribution is -2.53. The van der Waals surface area contributed by atoms with Crippen LogP contribution in [0, 0.1) is 5.92 Å². The summed E-state index contributed by atoms with van der Waals surface area (Å²) in [5.74, 6) is 1.41. The lowest BCUT2D eigenvalue weighted by molar-refractivity contribution is 0.00272. The van der Waals surface area contributed by atoms with Crippen LogP contribution in [0.1, 0.15) is 49.5 Å². The summed E-state index contributed by atoms with van der Waals surface area (Å²) in [7, 11) is 1.80. The van der Waals surface area contributed by atoms with E-state index in [1.807, 2.05) is 31.2 Å². The van der Waals surface area contributed by atoms with Crippen molar-refractivity contribution in [2.75, 3.05) is 46.4 Å². The highest BCUT2D eigenvalue weighted by atomic mass is 16.5. The second kappa shape index (κ2) is 13.2. The zero-order valence-electron chi connectivity index (χ0n) is 19.0. The first kappa shape index (κ1) is 24.2. The Kier molecular flexibility index (Phi) is 10.7. The molecule has 7 heteroatoms. The smallest absolute Gasteiger partial charge is 0.251 e. The van der Waals surface area contributed by atoms with Gasteiger partial charge in [0.25, 0.3) is 5.91 Å². The van der Waals surface area contributed by atoms with Crippen LogP contribution in [0.15, 0.2) is 29.3 Å². The number of benzene rings is 1. The van der Waals surface area contributed by atoms with Gasteiger partial charge >= 0.3 is 0 Å². The summed E-state index contributed by atoms with van der Waals surface area (Å²) < 4.78 is 5.54. The molecule has 1 aromatic carbocycles. The lowest BCUT2D eigenvalue weighted by Gasteiger charge is -2.39. The van der Waals surface area contributed by atoms with Crippen LogP contribution in [0.5, 0.6) is 0 Å². The van der Waals surface area contributed by atoms with E-state index in [0.717, 1.165) is 44.4 Å². The third-order valence-electron chi connectivity index (χ3n) is 5.82. The normalized spacial score (nSPS) is 16.4. The molecule has 1 fully saturated rings. The van der Waals surface area contributed by atoms with Crippen LogP contribution >= 0.6 is 0 Å². The second-order valence-corrected chi connectivity index (χ2v) is 7.66. The number of rotatable bonds is 10. The number of guanidine groups is 1. The predicted molar refractivity (Wildman–Crippen MR) is 123 cm³/mol. The van der Waals surface area contributed by atoms with E-state index < -0.39 is 0 Å². The van der Waals surface area contributed by atoms with Crippen molar-refractivity contribution in [1.29, 1.82) is 0 Å². The molecular formula is C23H39N5O2. The Labute approximate surface area is 181 Å². The number of nitrogens with one attached hydrogen (secondary N) is 3. The summed E-state index contributed by atoms with van der Waals surface area (Å²) in [4.78, 5) is 18.8. The Morgan fingerprint density at radius 3 is 2.30 bits per heavy atom. The minimum Gasteiger partial charge on any atom is -0.379 e. The van der Waals surface area contributed by atoms with Crippen molar-refractivity contribution in [1.82, 2.24) is 20.9 Å². The van der Waals surface area contributed by atoms with Crippen LogP contribution in [0.4, 0.5) is 0 Å². The molecule has 1 aliphatic rings. The van der Waals surface area contributed by atoms with Crippen LogP contribution in [-0.2, 0) is 11.3 Å². The van der Waals surface area contributed by atoms with E-state index in [-0.39, 0.29) is 5.91 Å². The van der Waals surface area contributed by atoms with Gasteiger partial charge in [-0.25, -0.2) is 0 Å². The number of ether oxygens (including phenoxy) is 1. The van der Waals surface area contributed by atoms with Crippen molar-refractivity contribution in [3.8, 4) is 0 Å².